The standard InChI is InChI=1S/C30H31N2O/c1-18-11-12-20-21-17-19-9-7-8-10-23(19)31-28(21)33-27(20)24(18)26-25-22(13-16-32(26)6)29(2,3)14-15-30(25,4)5/h7-13,16-17H,14-15H2,1-6H3/q+1. The Morgan fingerprint density at radius 2 is 1.67 bits per heavy atom. The molecule has 1 aliphatic rings. The summed E-state index contributed by atoms with van der Waals surface area (Å²) in [6, 6.07) is 17.2. The van der Waals surface area contributed by atoms with E-state index in [0.717, 1.165) is 27.3 Å². The number of rotatable bonds is 1. The molecule has 3 nitrogen and oxygen atoms in total. The van der Waals surface area contributed by atoms with E-state index in [1.807, 2.05) is 12.1 Å². The molecule has 0 N–H and O–H groups in total. The molecule has 0 atom stereocenters. The number of hydrogen-bond donors (Lipinski definition) is 0. The largest absolute Gasteiger partial charge is 0.437 e. The Morgan fingerprint density at radius 1 is 0.909 bits per heavy atom. The minimum atomic E-state index is 0.0900. The number of para-hydroxylation sites is 1. The van der Waals surface area contributed by atoms with Crippen LogP contribution in [0.4, 0.5) is 0 Å². The molecular formula is C30H31N2O+. The fourth-order valence-corrected chi connectivity index (χ4v) is 5.84. The van der Waals surface area contributed by atoms with Gasteiger partial charge in [-0.15, -0.1) is 0 Å². The molecule has 6 rings (SSSR count). The van der Waals surface area contributed by atoms with Crippen LogP contribution in [0.3, 0.4) is 0 Å². The van der Waals surface area contributed by atoms with Crippen molar-refractivity contribution in [3.05, 3.63) is 71.4 Å². The third kappa shape index (κ3) is 2.88. The van der Waals surface area contributed by atoms with Crippen molar-refractivity contribution in [1.82, 2.24) is 4.98 Å². The van der Waals surface area contributed by atoms with E-state index < -0.39 is 0 Å². The lowest BCUT2D eigenvalue weighted by Gasteiger charge is -2.41. The molecule has 3 heteroatoms. The van der Waals surface area contributed by atoms with Gasteiger partial charge in [-0.05, 0) is 53.9 Å². The Kier molecular flexibility index (Phi) is 4.12. The van der Waals surface area contributed by atoms with Gasteiger partial charge in [0.05, 0.1) is 11.1 Å². The highest BCUT2D eigenvalue weighted by atomic mass is 16.3. The normalized spacial score (nSPS) is 17.0. The summed E-state index contributed by atoms with van der Waals surface area (Å²) in [6.45, 7) is 11.8. The predicted molar refractivity (Wildman–Crippen MR) is 136 cm³/mol. The first-order valence-corrected chi connectivity index (χ1v) is 11.9. The number of fused-ring (bicyclic) bond motifs is 5. The smallest absolute Gasteiger partial charge is 0.227 e. The van der Waals surface area contributed by atoms with Crippen molar-refractivity contribution in [3.63, 3.8) is 0 Å². The van der Waals surface area contributed by atoms with Crippen molar-refractivity contribution < 1.29 is 8.98 Å². The van der Waals surface area contributed by atoms with Gasteiger partial charge in [-0.3, -0.25) is 0 Å². The zero-order valence-corrected chi connectivity index (χ0v) is 20.4. The van der Waals surface area contributed by atoms with E-state index in [2.05, 4.69) is 88.8 Å². The van der Waals surface area contributed by atoms with E-state index in [0.29, 0.717) is 5.71 Å². The van der Waals surface area contributed by atoms with E-state index in [1.54, 1.807) is 0 Å². The average Bonchev–Trinajstić information content (AvgIpc) is 3.13. The fraction of sp³-hybridized carbons (Fsp3) is 0.333. The predicted octanol–water partition coefficient (Wildman–Crippen LogP) is 7.28. The molecule has 0 saturated carbocycles. The van der Waals surface area contributed by atoms with Crippen LogP contribution in [0.5, 0.6) is 0 Å². The van der Waals surface area contributed by atoms with Crippen molar-refractivity contribution >= 4 is 33.0 Å². The van der Waals surface area contributed by atoms with E-state index >= 15 is 0 Å². The maximum atomic E-state index is 6.57. The van der Waals surface area contributed by atoms with Crippen LogP contribution in [-0.4, -0.2) is 4.98 Å². The molecule has 5 aromatic rings. The lowest BCUT2D eigenvalue weighted by Crippen LogP contribution is -2.41. The SMILES string of the molecule is Cc1ccc2c(oc3nc4ccccc4cc32)c1-c1c2c(cc[n+]1C)C(C)(C)CCC2(C)C. The van der Waals surface area contributed by atoms with Gasteiger partial charge in [0, 0.05) is 27.8 Å². The average molecular weight is 436 g/mol. The first-order chi connectivity index (χ1) is 15.7. The van der Waals surface area contributed by atoms with Crippen molar-refractivity contribution in [2.24, 2.45) is 7.05 Å². The lowest BCUT2D eigenvalue weighted by molar-refractivity contribution is -0.661. The van der Waals surface area contributed by atoms with Crippen LogP contribution < -0.4 is 4.57 Å². The van der Waals surface area contributed by atoms with Crippen LogP contribution in [-0.2, 0) is 17.9 Å². The first kappa shape index (κ1) is 20.4. The third-order valence-electron chi connectivity index (χ3n) is 7.89. The molecule has 0 bridgehead atoms. The molecule has 0 saturated heterocycles. The quantitative estimate of drug-likeness (QED) is 0.259. The molecule has 166 valence electrons. The van der Waals surface area contributed by atoms with Gasteiger partial charge in [-0.2, -0.15) is 0 Å². The second-order valence-corrected chi connectivity index (χ2v) is 11.1. The van der Waals surface area contributed by atoms with E-state index in [-0.39, 0.29) is 10.8 Å². The molecule has 3 aromatic heterocycles. The van der Waals surface area contributed by atoms with E-state index in [9.17, 15) is 0 Å². The molecule has 0 spiro atoms. The summed E-state index contributed by atoms with van der Waals surface area (Å²) in [4.78, 5) is 4.87. The monoisotopic (exact) mass is 435 g/mol. The van der Waals surface area contributed by atoms with Gasteiger partial charge >= 0.3 is 0 Å². The van der Waals surface area contributed by atoms with Gasteiger partial charge in [-0.25, -0.2) is 9.55 Å². The second kappa shape index (κ2) is 6.66. The Morgan fingerprint density at radius 3 is 2.48 bits per heavy atom. The fourth-order valence-electron chi connectivity index (χ4n) is 5.84. The van der Waals surface area contributed by atoms with Crippen molar-refractivity contribution in [1.29, 1.82) is 0 Å². The van der Waals surface area contributed by atoms with Crippen LogP contribution in [0.1, 0.15) is 57.2 Å². The van der Waals surface area contributed by atoms with Crippen LogP contribution in [0.25, 0.3) is 44.2 Å². The summed E-state index contributed by atoms with van der Waals surface area (Å²) in [5, 5.41) is 3.35. The van der Waals surface area contributed by atoms with Crippen LogP contribution in [0.15, 0.2) is 59.1 Å². The highest BCUT2D eigenvalue weighted by molar-refractivity contribution is 6.11. The number of aromatic nitrogens is 2. The van der Waals surface area contributed by atoms with Crippen LogP contribution >= 0.6 is 0 Å². The summed E-state index contributed by atoms with van der Waals surface area (Å²) >= 11 is 0. The Labute approximate surface area is 195 Å². The number of hydrogen-bond acceptors (Lipinski definition) is 2. The minimum absolute atomic E-state index is 0.0900. The molecule has 0 radical (unpaired) electrons. The minimum Gasteiger partial charge on any atom is -0.437 e. The third-order valence-corrected chi connectivity index (χ3v) is 7.89. The number of aryl methyl sites for hydroxylation is 2. The Hall–Kier alpha value is -3.20. The molecule has 0 unspecified atom stereocenters. The highest BCUT2D eigenvalue weighted by Crippen LogP contribution is 2.49. The Bertz CT molecular complexity index is 1590. The Balaban J connectivity index is 1.76. The van der Waals surface area contributed by atoms with E-state index in [1.165, 1.54) is 40.8 Å². The maximum absolute atomic E-state index is 6.57. The topological polar surface area (TPSA) is 29.9 Å². The van der Waals surface area contributed by atoms with Crippen LogP contribution in [0.2, 0.25) is 0 Å². The number of benzene rings is 2. The lowest BCUT2D eigenvalue weighted by atomic mass is 9.62. The molecule has 0 fully saturated rings. The van der Waals surface area contributed by atoms with Crippen molar-refractivity contribution in [2.45, 2.75) is 58.3 Å². The number of nitrogens with zero attached hydrogens (tertiary/aromatic N) is 2. The van der Waals surface area contributed by atoms with Crippen LogP contribution in [0, 0.1) is 6.92 Å². The van der Waals surface area contributed by atoms with Crippen molar-refractivity contribution in [3.8, 4) is 11.3 Å². The summed E-state index contributed by atoms with van der Waals surface area (Å²) in [5.41, 5.74) is 9.48. The zero-order chi connectivity index (χ0) is 23.1. The molecule has 33 heavy (non-hydrogen) atoms. The first-order valence-electron chi connectivity index (χ1n) is 11.9. The number of furan rings is 1. The summed E-state index contributed by atoms with van der Waals surface area (Å²) in [6.07, 6.45) is 4.60. The molecule has 3 heterocycles. The summed E-state index contributed by atoms with van der Waals surface area (Å²) in [5.74, 6) is 0. The van der Waals surface area contributed by atoms with Gasteiger partial charge in [0.1, 0.15) is 7.05 Å². The van der Waals surface area contributed by atoms with Gasteiger partial charge in [-0.1, -0.05) is 58.0 Å². The van der Waals surface area contributed by atoms with Gasteiger partial charge < -0.3 is 4.42 Å². The zero-order valence-electron chi connectivity index (χ0n) is 20.4. The molecule has 2 aromatic carbocycles. The molecule has 1 aliphatic carbocycles. The molecule has 0 aliphatic heterocycles. The molecular weight excluding hydrogens is 404 g/mol. The van der Waals surface area contributed by atoms with E-state index in [4.69, 9.17) is 9.40 Å². The second-order valence-electron chi connectivity index (χ2n) is 11.1. The highest BCUT2D eigenvalue weighted by Gasteiger charge is 2.43. The van der Waals surface area contributed by atoms with Gasteiger partial charge in [0.15, 0.2) is 11.8 Å². The summed E-state index contributed by atoms with van der Waals surface area (Å²) in [7, 11) is 2.17. The van der Waals surface area contributed by atoms with Crippen molar-refractivity contribution in [2.75, 3.05) is 0 Å². The van der Waals surface area contributed by atoms with Gasteiger partial charge in [0.2, 0.25) is 11.4 Å². The van der Waals surface area contributed by atoms with Gasteiger partial charge in [0.25, 0.3) is 0 Å². The number of pyridine rings is 2. The maximum Gasteiger partial charge on any atom is 0.227 e. The molecule has 0 amide bonds. The summed E-state index contributed by atoms with van der Waals surface area (Å²) < 4.78 is 8.86.